The number of unbranched alkanes of at least 4 members (excludes halogenated alkanes) is 2. The minimum Gasteiger partial charge on any atom is -0.462 e. The molecule has 24 heavy (non-hydrogen) atoms. The smallest absolute Gasteiger partial charge is 0.308 e. The summed E-state index contributed by atoms with van der Waals surface area (Å²) in [6.07, 6.45) is 6.63. The number of hydrogen-bond donors (Lipinski definition) is 2. The van der Waals surface area contributed by atoms with Crippen LogP contribution in [0, 0.1) is 0 Å². The number of aliphatic hydroxyl groups excluding tert-OH is 2. The highest BCUT2D eigenvalue weighted by atomic mass is 16.6. The van der Waals surface area contributed by atoms with Crippen molar-refractivity contribution < 1.29 is 29.3 Å². The van der Waals surface area contributed by atoms with Gasteiger partial charge in [-0.25, -0.2) is 0 Å². The van der Waals surface area contributed by atoms with Gasteiger partial charge in [-0.15, -0.1) is 0 Å². The van der Waals surface area contributed by atoms with Crippen LogP contribution >= 0.6 is 0 Å². The van der Waals surface area contributed by atoms with Gasteiger partial charge in [0.05, 0.1) is 25.0 Å². The monoisotopic (exact) mass is 344 g/mol. The fourth-order valence-corrected chi connectivity index (χ4v) is 2.94. The Hall–Kier alpha value is -1.14. The number of cyclic esters (lactones) is 2. The van der Waals surface area contributed by atoms with E-state index in [2.05, 4.69) is 13.8 Å². The van der Waals surface area contributed by atoms with Crippen molar-refractivity contribution in [2.45, 2.75) is 102 Å². The molecule has 2 rings (SSSR count). The highest BCUT2D eigenvalue weighted by Crippen LogP contribution is 2.20. The molecule has 2 aliphatic heterocycles. The van der Waals surface area contributed by atoms with Crippen molar-refractivity contribution in [3.05, 3.63) is 0 Å². The molecule has 2 saturated heterocycles. The zero-order valence-electron chi connectivity index (χ0n) is 14.9. The Morgan fingerprint density at radius 1 is 0.833 bits per heavy atom. The summed E-state index contributed by atoms with van der Waals surface area (Å²) in [5, 5.41) is 18.5. The van der Waals surface area contributed by atoms with Crippen molar-refractivity contribution in [2.24, 2.45) is 0 Å². The van der Waals surface area contributed by atoms with Gasteiger partial charge in [-0.1, -0.05) is 39.5 Å². The van der Waals surface area contributed by atoms with Gasteiger partial charge in [0.2, 0.25) is 0 Å². The van der Waals surface area contributed by atoms with Gasteiger partial charge in [-0.3, -0.25) is 9.59 Å². The Morgan fingerprint density at radius 2 is 1.21 bits per heavy atom. The molecule has 2 aliphatic rings. The van der Waals surface area contributed by atoms with Crippen LogP contribution in [0.5, 0.6) is 0 Å². The molecule has 0 aliphatic carbocycles. The second-order valence-corrected chi connectivity index (χ2v) is 6.70. The van der Waals surface area contributed by atoms with E-state index >= 15 is 0 Å². The van der Waals surface area contributed by atoms with E-state index in [1.165, 1.54) is 0 Å². The van der Waals surface area contributed by atoms with E-state index in [0.29, 0.717) is 12.8 Å². The van der Waals surface area contributed by atoms with Gasteiger partial charge in [0.25, 0.3) is 0 Å². The van der Waals surface area contributed by atoms with Crippen LogP contribution in [0.25, 0.3) is 0 Å². The van der Waals surface area contributed by atoms with Crippen molar-refractivity contribution >= 4 is 11.9 Å². The van der Waals surface area contributed by atoms with E-state index in [4.69, 9.17) is 9.47 Å². The number of esters is 2. The molecule has 0 unspecified atom stereocenters. The fraction of sp³-hybridized carbons (Fsp3) is 0.889. The first-order valence-electron chi connectivity index (χ1n) is 9.19. The molecule has 0 bridgehead atoms. The van der Waals surface area contributed by atoms with Gasteiger partial charge in [-0.2, -0.15) is 0 Å². The quantitative estimate of drug-likeness (QED) is 0.719. The predicted octanol–water partition coefficient (Wildman–Crippen LogP) is 2.49. The van der Waals surface area contributed by atoms with Crippen LogP contribution < -0.4 is 0 Å². The standard InChI is InChI=1S/2C9H16O3/c2*1-2-3-4-8-5-7(10)6-9(11)12-8/h2*7-8,10H,2-6H2,1H3/t7-,8+;7-,8-/m10/s1. The average molecular weight is 344 g/mol. The lowest BCUT2D eigenvalue weighted by Gasteiger charge is -2.25. The van der Waals surface area contributed by atoms with Crippen molar-refractivity contribution in [1.29, 1.82) is 0 Å². The highest BCUT2D eigenvalue weighted by Gasteiger charge is 2.27. The topological polar surface area (TPSA) is 93.1 Å². The van der Waals surface area contributed by atoms with Crippen LogP contribution in [0.15, 0.2) is 0 Å². The minimum atomic E-state index is -0.479. The molecule has 2 N–H and O–H groups in total. The second kappa shape index (κ2) is 11.4. The Morgan fingerprint density at radius 3 is 1.50 bits per heavy atom. The van der Waals surface area contributed by atoms with Crippen LogP contribution in [-0.4, -0.2) is 46.6 Å². The summed E-state index contributed by atoms with van der Waals surface area (Å²) in [6, 6.07) is 0. The molecule has 2 fully saturated rings. The number of aliphatic hydroxyl groups is 2. The molecular weight excluding hydrogens is 312 g/mol. The van der Waals surface area contributed by atoms with Crippen LogP contribution in [0.4, 0.5) is 0 Å². The Labute approximate surface area is 144 Å². The van der Waals surface area contributed by atoms with Crippen molar-refractivity contribution in [3.63, 3.8) is 0 Å². The summed E-state index contributed by atoms with van der Waals surface area (Å²) in [7, 11) is 0. The fourth-order valence-electron chi connectivity index (χ4n) is 2.94. The molecule has 6 nitrogen and oxygen atoms in total. The van der Waals surface area contributed by atoms with Crippen LogP contribution in [-0.2, 0) is 19.1 Å². The van der Waals surface area contributed by atoms with E-state index < -0.39 is 12.2 Å². The molecule has 0 saturated carbocycles. The van der Waals surface area contributed by atoms with Gasteiger partial charge in [0.15, 0.2) is 0 Å². The van der Waals surface area contributed by atoms with Crippen LogP contribution in [0.2, 0.25) is 0 Å². The third-order valence-electron chi connectivity index (χ3n) is 4.23. The lowest BCUT2D eigenvalue weighted by Crippen LogP contribution is -2.32. The summed E-state index contributed by atoms with van der Waals surface area (Å²) in [5.41, 5.74) is 0. The molecule has 0 aromatic carbocycles. The summed E-state index contributed by atoms with van der Waals surface area (Å²) in [6.45, 7) is 4.20. The Balaban J connectivity index is 0.000000240. The first kappa shape index (κ1) is 20.9. The first-order chi connectivity index (χ1) is 11.4. The maximum Gasteiger partial charge on any atom is 0.308 e. The highest BCUT2D eigenvalue weighted by molar-refractivity contribution is 5.71. The number of hydrogen-bond acceptors (Lipinski definition) is 6. The van der Waals surface area contributed by atoms with Crippen molar-refractivity contribution in [1.82, 2.24) is 0 Å². The van der Waals surface area contributed by atoms with E-state index in [-0.39, 0.29) is 37.0 Å². The van der Waals surface area contributed by atoms with E-state index in [1.807, 2.05) is 0 Å². The van der Waals surface area contributed by atoms with Gasteiger partial charge in [0, 0.05) is 12.8 Å². The number of rotatable bonds is 6. The molecular formula is C18H32O6. The van der Waals surface area contributed by atoms with Gasteiger partial charge >= 0.3 is 11.9 Å². The van der Waals surface area contributed by atoms with Crippen LogP contribution in [0.1, 0.15) is 78.1 Å². The molecule has 0 aromatic heterocycles. The molecule has 0 aromatic rings. The van der Waals surface area contributed by atoms with Gasteiger partial charge < -0.3 is 19.7 Å². The number of carbonyl (C=O) groups is 2. The molecule has 4 atom stereocenters. The Bertz CT molecular complexity index is 348. The lowest BCUT2D eigenvalue weighted by atomic mass is 10.0. The van der Waals surface area contributed by atoms with E-state index in [0.717, 1.165) is 38.5 Å². The zero-order valence-corrected chi connectivity index (χ0v) is 14.9. The molecule has 6 heteroatoms. The van der Waals surface area contributed by atoms with E-state index in [1.54, 1.807) is 0 Å². The summed E-state index contributed by atoms with van der Waals surface area (Å²) in [5.74, 6) is -0.510. The second-order valence-electron chi connectivity index (χ2n) is 6.70. The predicted molar refractivity (Wildman–Crippen MR) is 89.3 cm³/mol. The SMILES string of the molecule is CCCC[C@H]1C[C@@H](O)CC(=O)O1.CCCC[C@H]1C[C@H](O)CC(=O)O1. The average Bonchev–Trinajstić information content (AvgIpc) is 2.50. The minimum absolute atomic E-state index is 0.0406. The molecule has 140 valence electrons. The Kier molecular flexibility index (Phi) is 9.95. The summed E-state index contributed by atoms with van der Waals surface area (Å²) < 4.78 is 10.1. The number of carbonyl (C=O) groups excluding carboxylic acids is 2. The molecule has 0 spiro atoms. The molecule has 0 radical (unpaired) electrons. The third kappa shape index (κ3) is 8.64. The maximum absolute atomic E-state index is 10.9. The molecule has 2 heterocycles. The summed E-state index contributed by atoms with van der Waals surface area (Å²) in [4.78, 5) is 21.7. The maximum atomic E-state index is 10.9. The first-order valence-corrected chi connectivity index (χ1v) is 9.19. The van der Waals surface area contributed by atoms with Crippen LogP contribution in [0.3, 0.4) is 0 Å². The third-order valence-corrected chi connectivity index (χ3v) is 4.23. The lowest BCUT2D eigenvalue weighted by molar-refractivity contribution is -0.161. The van der Waals surface area contributed by atoms with Gasteiger partial charge in [-0.05, 0) is 12.8 Å². The zero-order chi connectivity index (χ0) is 17.9. The van der Waals surface area contributed by atoms with E-state index in [9.17, 15) is 19.8 Å². The van der Waals surface area contributed by atoms with Gasteiger partial charge in [0.1, 0.15) is 12.2 Å². The largest absolute Gasteiger partial charge is 0.462 e. The summed E-state index contributed by atoms with van der Waals surface area (Å²) >= 11 is 0. The molecule has 0 amide bonds. The van der Waals surface area contributed by atoms with Crippen molar-refractivity contribution in [3.8, 4) is 0 Å². The number of ether oxygens (including phenoxy) is 2. The normalized spacial score (nSPS) is 30.0. The van der Waals surface area contributed by atoms with Crippen molar-refractivity contribution in [2.75, 3.05) is 0 Å².